The number of alkyl halides is 29. The highest BCUT2D eigenvalue weighted by molar-refractivity contribution is 5.77. The number of halogens is 29. The van der Waals surface area contributed by atoms with Crippen LogP contribution < -0.4 is 0 Å². The number of carbonyl (C=O) groups is 1. The zero-order valence-corrected chi connectivity index (χ0v) is 19.7. The normalized spacial score (nSPS) is 16.9. The van der Waals surface area contributed by atoms with Gasteiger partial charge in [-0.25, -0.2) is 9.53 Å². The van der Waals surface area contributed by atoms with Crippen LogP contribution in [0.5, 0.6) is 0 Å². The van der Waals surface area contributed by atoms with Crippen LogP contribution in [0.2, 0.25) is 0 Å². The monoisotopic (exact) mass is 780 g/mol. The maximum Gasteiger partial charge on any atom is 0.527 e. The quantitative estimate of drug-likeness (QED) is 0.180. The molecule has 3 nitrogen and oxygen atoms in total. The van der Waals surface area contributed by atoms with Gasteiger partial charge < -0.3 is 5.11 Å². The van der Waals surface area contributed by atoms with Crippen LogP contribution in [0.15, 0.2) is 0 Å². The molecule has 0 aromatic rings. The molecule has 0 atom stereocenters. The van der Waals surface area contributed by atoms with Gasteiger partial charge in [-0.1, -0.05) is 0 Å². The van der Waals surface area contributed by atoms with Crippen molar-refractivity contribution in [1.82, 2.24) is 0 Å². The van der Waals surface area contributed by atoms with Crippen molar-refractivity contribution in [2.24, 2.45) is 0 Å². The van der Waals surface area contributed by atoms with E-state index in [1.807, 2.05) is 0 Å². The topological polar surface area (TPSA) is 46.5 Å². The van der Waals surface area contributed by atoms with Crippen LogP contribution in [-0.2, 0) is 9.53 Å². The third kappa shape index (κ3) is 5.40. The van der Waals surface area contributed by atoms with Crippen molar-refractivity contribution in [2.75, 3.05) is 0 Å². The summed E-state index contributed by atoms with van der Waals surface area (Å²) in [5, 5.41) is 7.66. The first kappa shape index (κ1) is 44.4. The summed E-state index contributed by atoms with van der Waals surface area (Å²) < 4.78 is 384. The average Bonchev–Trinajstić information content (AvgIpc) is 2.80. The second kappa shape index (κ2) is 10.7. The molecule has 0 rings (SSSR count). The molecule has 0 fully saturated rings. The lowest BCUT2D eigenvalue weighted by Crippen LogP contribution is -2.79. The van der Waals surface area contributed by atoms with Crippen LogP contribution >= 0.6 is 0 Å². The van der Waals surface area contributed by atoms with Crippen molar-refractivity contribution in [3.05, 3.63) is 0 Å². The van der Waals surface area contributed by atoms with Crippen molar-refractivity contribution in [3.8, 4) is 0 Å². The predicted octanol–water partition coefficient (Wildman–Crippen LogP) is 8.82. The van der Waals surface area contributed by atoms with E-state index >= 15 is 0 Å². The van der Waals surface area contributed by atoms with Crippen LogP contribution in [0.4, 0.5) is 127 Å². The molecule has 0 radical (unpaired) electrons. The molecule has 0 spiro atoms. The molecule has 0 saturated carbocycles. The molecular formula is C15HF29O3. The van der Waals surface area contributed by atoms with E-state index in [2.05, 4.69) is 0 Å². The van der Waals surface area contributed by atoms with E-state index in [4.69, 9.17) is 5.11 Å². The van der Waals surface area contributed by atoms with Gasteiger partial charge in [-0.2, -0.15) is 114 Å². The Morgan fingerprint density at radius 3 is 0.660 bits per heavy atom. The van der Waals surface area contributed by atoms with E-state index in [1.54, 1.807) is 0 Å². The van der Waals surface area contributed by atoms with E-state index in [0.717, 1.165) is 4.74 Å². The molecule has 0 amide bonds. The Kier molecular flexibility index (Phi) is 10.1. The summed E-state index contributed by atoms with van der Waals surface area (Å²) in [6.45, 7) is 0. The standard InChI is InChI=1S/C15HF29O3/c16-2(17,1(45)46)3(18,19)4(20,21)5(22,23)6(24,25)7(26,27)8(28,29)9(30,31)10(32,33)11(34,35)12(36,37)13(38,39)14(40,41)47-15(42,43)44/h(H,45,46). The Morgan fingerprint density at radius 1 is 0.319 bits per heavy atom. The number of hydrogen-bond donors (Lipinski definition) is 1. The molecule has 282 valence electrons. The molecule has 1 N–H and O–H groups in total. The van der Waals surface area contributed by atoms with E-state index < -0.39 is 89.5 Å². The highest BCUT2D eigenvalue weighted by Gasteiger charge is 3.00. The van der Waals surface area contributed by atoms with Gasteiger partial charge in [-0.05, 0) is 0 Å². The molecule has 0 aromatic heterocycles. The number of hydrogen-bond acceptors (Lipinski definition) is 2. The molecule has 0 aliphatic heterocycles. The fraction of sp³-hybridized carbons (Fsp3) is 0.933. The van der Waals surface area contributed by atoms with Crippen LogP contribution in [-0.4, -0.2) is 94.6 Å². The van der Waals surface area contributed by atoms with Gasteiger partial charge in [0.2, 0.25) is 0 Å². The van der Waals surface area contributed by atoms with E-state index in [-0.39, 0.29) is 0 Å². The van der Waals surface area contributed by atoms with Crippen LogP contribution in [0.1, 0.15) is 0 Å². The molecule has 0 heterocycles. The number of rotatable bonds is 14. The molecule has 0 unspecified atom stereocenters. The summed E-state index contributed by atoms with van der Waals surface area (Å²) in [5.41, 5.74) is 0. The molecule has 0 aromatic carbocycles. The van der Waals surface area contributed by atoms with Gasteiger partial charge in [0.05, 0.1) is 0 Å². The second-order valence-corrected chi connectivity index (χ2v) is 8.26. The zero-order chi connectivity index (χ0) is 39.3. The molecule has 0 aliphatic rings. The summed E-state index contributed by atoms with van der Waals surface area (Å²) in [7, 11) is 0. The van der Waals surface area contributed by atoms with Gasteiger partial charge in [0.25, 0.3) is 0 Å². The van der Waals surface area contributed by atoms with Crippen LogP contribution in [0, 0.1) is 0 Å². The number of carboxylic acids is 1. The van der Waals surface area contributed by atoms with Crippen LogP contribution in [0.25, 0.3) is 0 Å². The number of aliphatic carboxylic acids is 1. The maximum absolute atomic E-state index is 13.7. The Hall–Kier alpha value is -2.60. The summed E-state index contributed by atoms with van der Waals surface area (Å²) in [5.74, 6) is -118. The third-order valence-electron chi connectivity index (χ3n) is 5.22. The second-order valence-electron chi connectivity index (χ2n) is 8.26. The predicted molar refractivity (Wildman–Crippen MR) is 79.1 cm³/mol. The Morgan fingerprint density at radius 2 is 0.489 bits per heavy atom. The van der Waals surface area contributed by atoms with Gasteiger partial charge in [-0.3, -0.25) is 0 Å². The van der Waals surface area contributed by atoms with Crippen molar-refractivity contribution in [1.29, 1.82) is 0 Å². The van der Waals surface area contributed by atoms with Gasteiger partial charge in [0.1, 0.15) is 0 Å². The molecule has 0 bridgehead atoms. The smallest absolute Gasteiger partial charge is 0.477 e. The van der Waals surface area contributed by atoms with Gasteiger partial charge in [0, 0.05) is 0 Å². The highest BCUT2D eigenvalue weighted by atomic mass is 19.4. The summed E-state index contributed by atoms with van der Waals surface area (Å²) in [4.78, 5) is 9.92. The Labute approximate surface area is 233 Å². The lowest BCUT2D eigenvalue weighted by atomic mass is 9.84. The van der Waals surface area contributed by atoms with Crippen molar-refractivity contribution < 1.29 is 142 Å². The van der Waals surface area contributed by atoms with E-state index in [0.29, 0.717) is 0 Å². The first-order valence-corrected chi connectivity index (χ1v) is 9.57. The minimum Gasteiger partial charge on any atom is -0.477 e. The maximum atomic E-state index is 13.7. The molecule has 0 aliphatic carbocycles. The highest BCUT2D eigenvalue weighted by Crippen LogP contribution is 2.68. The molecule has 32 heteroatoms. The lowest BCUT2D eigenvalue weighted by molar-refractivity contribution is -0.513. The van der Waals surface area contributed by atoms with Gasteiger partial charge in [-0.15, -0.1) is 13.2 Å². The minimum atomic E-state index is -9.99. The Balaban J connectivity index is 7.52. The molecular weight excluding hydrogens is 779 g/mol. The van der Waals surface area contributed by atoms with E-state index in [9.17, 15) is 132 Å². The van der Waals surface area contributed by atoms with Crippen LogP contribution in [0.3, 0.4) is 0 Å². The molecule has 0 saturated heterocycles. The number of carboxylic acid groups (broad SMARTS) is 1. The number of ether oxygens (including phenoxy) is 1. The first-order chi connectivity index (χ1) is 19.7. The SMILES string of the molecule is O=C(O)C(F)(F)C(F)(F)C(F)(F)C(F)(F)C(F)(F)C(F)(F)C(F)(F)C(F)(F)C(F)(F)C(F)(F)C(F)(F)C(F)(F)C(F)(F)OC(F)(F)F. The summed E-state index contributed by atoms with van der Waals surface area (Å²) >= 11 is 0. The third-order valence-corrected chi connectivity index (χ3v) is 5.22. The fourth-order valence-electron chi connectivity index (χ4n) is 2.50. The van der Waals surface area contributed by atoms with E-state index in [1.165, 1.54) is 0 Å². The lowest BCUT2D eigenvalue weighted by Gasteiger charge is -2.46. The van der Waals surface area contributed by atoms with Gasteiger partial charge in [0.15, 0.2) is 0 Å². The zero-order valence-electron chi connectivity index (χ0n) is 19.7. The van der Waals surface area contributed by atoms with Crippen molar-refractivity contribution >= 4 is 5.97 Å². The summed E-state index contributed by atoms with van der Waals surface area (Å²) in [6.07, 6.45) is -15.8. The summed E-state index contributed by atoms with van der Waals surface area (Å²) in [6, 6.07) is 0. The minimum absolute atomic E-state index is 0.869. The molecule has 47 heavy (non-hydrogen) atoms. The van der Waals surface area contributed by atoms with Crippen molar-refractivity contribution in [2.45, 2.75) is 83.5 Å². The van der Waals surface area contributed by atoms with Gasteiger partial charge >= 0.3 is 89.5 Å². The largest absolute Gasteiger partial charge is 0.527 e. The Bertz CT molecular complexity index is 1180. The van der Waals surface area contributed by atoms with Crippen molar-refractivity contribution in [3.63, 3.8) is 0 Å². The first-order valence-electron chi connectivity index (χ1n) is 9.57. The average molecular weight is 780 g/mol. The fourth-order valence-corrected chi connectivity index (χ4v) is 2.50.